The van der Waals surface area contributed by atoms with E-state index in [1.165, 1.54) is 43.5 Å². The van der Waals surface area contributed by atoms with Gasteiger partial charge in [0.2, 0.25) is 0 Å². The second-order valence-electron chi connectivity index (χ2n) is 6.17. The van der Waals surface area contributed by atoms with Crippen molar-refractivity contribution in [2.24, 2.45) is 0 Å². The number of hydrogen-bond donors (Lipinski definition) is 3. The number of amides is 1. The molecule has 3 aromatic rings. The SMILES string of the molecule is COc1cccc(NC(=O)c2ccccc2NS(=O)(=O)c2ccc(C(=O)O)cc2)c1. The summed E-state index contributed by atoms with van der Waals surface area (Å²) < 4.78 is 32.9. The van der Waals surface area contributed by atoms with E-state index in [1.807, 2.05) is 0 Å². The Labute approximate surface area is 173 Å². The molecule has 0 radical (unpaired) electrons. The molecule has 3 N–H and O–H groups in total. The fourth-order valence-corrected chi connectivity index (χ4v) is 3.73. The second-order valence-corrected chi connectivity index (χ2v) is 7.85. The first-order valence-electron chi connectivity index (χ1n) is 8.71. The van der Waals surface area contributed by atoms with Crippen molar-refractivity contribution in [3.8, 4) is 5.75 Å². The van der Waals surface area contributed by atoms with E-state index in [9.17, 15) is 18.0 Å². The molecule has 0 bridgehead atoms. The number of para-hydroxylation sites is 1. The summed E-state index contributed by atoms with van der Waals surface area (Å²) in [6.45, 7) is 0. The number of nitrogens with one attached hydrogen (secondary N) is 2. The minimum atomic E-state index is -4.04. The molecule has 0 aliphatic rings. The molecule has 0 unspecified atom stereocenters. The fraction of sp³-hybridized carbons (Fsp3) is 0.0476. The zero-order valence-electron chi connectivity index (χ0n) is 15.8. The van der Waals surface area contributed by atoms with Crippen LogP contribution < -0.4 is 14.8 Å². The van der Waals surface area contributed by atoms with E-state index in [0.29, 0.717) is 11.4 Å². The Morgan fingerprint density at radius 2 is 1.63 bits per heavy atom. The van der Waals surface area contributed by atoms with E-state index < -0.39 is 21.9 Å². The molecule has 0 aliphatic heterocycles. The average Bonchev–Trinajstić information content (AvgIpc) is 2.74. The molecule has 9 heteroatoms. The van der Waals surface area contributed by atoms with Crippen LogP contribution in [0, 0.1) is 0 Å². The van der Waals surface area contributed by atoms with Gasteiger partial charge in [-0.1, -0.05) is 18.2 Å². The minimum absolute atomic E-state index is 0.0352. The maximum atomic E-state index is 12.7. The lowest BCUT2D eigenvalue weighted by Gasteiger charge is -2.13. The summed E-state index contributed by atoms with van der Waals surface area (Å²) in [6, 6.07) is 17.7. The van der Waals surface area contributed by atoms with Crippen molar-refractivity contribution in [1.29, 1.82) is 0 Å². The third-order valence-electron chi connectivity index (χ3n) is 4.16. The lowest BCUT2D eigenvalue weighted by Crippen LogP contribution is -2.18. The topological polar surface area (TPSA) is 122 Å². The molecule has 0 fully saturated rings. The van der Waals surface area contributed by atoms with E-state index in [4.69, 9.17) is 9.84 Å². The number of hydrogen-bond acceptors (Lipinski definition) is 5. The van der Waals surface area contributed by atoms with Crippen LogP contribution >= 0.6 is 0 Å². The average molecular weight is 426 g/mol. The van der Waals surface area contributed by atoms with Crippen molar-refractivity contribution in [2.45, 2.75) is 4.90 Å². The normalized spacial score (nSPS) is 10.8. The summed E-state index contributed by atoms with van der Waals surface area (Å²) in [5, 5.41) is 11.6. The van der Waals surface area contributed by atoms with Gasteiger partial charge in [-0.2, -0.15) is 0 Å². The second kappa shape index (κ2) is 8.66. The number of methoxy groups -OCH3 is 1. The van der Waals surface area contributed by atoms with Gasteiger partial charge in [0.15, 0.2) is 0 Å². The van der Waals surface area contributed by atoms with Gasteiger partial charge in [0.25, 0.3) is 15.9 Å². The highest BCUT2D eigenvalue weighted by atomic mass is 32.2. The standard InChI is InChI=1S/C21H18N2O6S/c1-29-16-6-4-5-15(13-16)22-20(24)18-7-2-3-8-19(18)23-30(27,28)17-11-9-14(10-12-17)21(25)26/h2-13,23H,1H3,(H,22,24)(H,25,26). The number of carbonyl (C=O) groups is 2. The molecule has 30 heavy (non-hydrogen) atoms. The van der Waals surface area contributed by atoms with Crippen molar-refractivity contribution in [3.63, 3.8) is 0 Å². The van der Waals surface area contributed by atoms with Crippen LogP contribution in [0.25, 0.3) is 0 Å². The van der Waals surface area contributed by atoms with Crippen LogP contribution in [-0.2, 0) is 10.0 Å². The van der Waals surface area contributed by atoms with Gasteiger partial charge in [-0.05, 0) is 48.5 Å². The predicted molar refractivity (Wildman–Crippen MR) is 112 cm³/mol. The van der Waals surface area contributed by atoms with Gasteiger partial charge in [-0.3, -0.25) is 9.52 Å². The van der Waals surface area contributed by atoms with Crippen LogP contribution in [0.4, 0.5) is 11.4 Å². The van der Waals surface area contributed by atoms with Crippen molar-refractivity contribution in [1.82, 2.24) is 0 Å². The molecule has 8 nitrogen and oxygen atoms in total. The molecule has 0 heterocycles. The smallest absolute Gasteiger partial charge is 0.335 e. The summed E-state index contributed by atoms with van der Waals surface area (Å²) in [5.74, 6) is -1.11. The molecule has 0 spiro atoms. The molecular weight excluding hydrogens is 408 g/mol. The van der Waals surface area contributed by atoms with Crippen LogP contribution in [-0.4, -0.2) is 32.5 Å². The Kier molecular flexibility index (Phi) is 6.03. The summed E-state index contributed by atoms with van der Waals surface area (Å²) in [7, 11) is -2.53. The Hall–Kier alpha value is -3.85. The monoisotopic (exact) mass is 426 g/mol. The number of carboxylic acids is 1. The van der Waals surface area contributed by atoms with Crippen LogP contribution in [0.1, 0.15) is 20.7 Å². The molecule has 3 rings (SSSR count). The largest absolute Gasteiger partial charge is 0.497 e. The van der Waals surface area contributed by atoms with Gasteiger partial charge in [-0.15, -0.1) is 0 Å². The van der Waals surface area contributed by atoms with Crippen molar-refractivity contribution >= 4 is 33.3 Å². The molecule has 154 valence electrons. The summed E-state index contributed by atoms with van der Waals surface area (Å²) >= 11 is 0. The number of anilines is 2. The Bertz CT molecular complexity index is 1190. The van der Waals surface area contributed by atoms with E-state index in [2.05, 4.69) is 10.0 Å². The number of carboxylic acid groups (broad SMARTS) is 1. The third kappa shape index (κ3) is 4.76. The summed E-state index contributed by atoms with van der Waals surface area (Å²) in [4.78, 5) is 23.5. The van der Waals surface area contributed by atoms with Crippen LogP contribution in [0.15, 0.2) is 77.7 Å². The number of aromatic carboxylic acids is 1. The Morgan fingerprint density at radius 3 is 2.30 bits per heavy atom. The molecule has 0 aliphatic carbocycles. The quantitative estimate of drug-likeness (QED) is 0.532. The van der Waals surface area contributed by atoms with E-state index >= 15 is 0 Å². The first-order chi connectivity index (χ1) is 14.3. The molecule has 3 aromatic carbocycles. The highest BCUT2D eigenvalue weighted by molar-refractivity contribution is 7.92. The van der Waals surface area contributed by atoms with Crippen LogP contribution in [0.3, 0.4) is 0 Å². The molecule has 0 saturated heterocycles. The Balaban J connectivity index is 1.85. The lowest BCUT2D eigenvalue weighted by atomic mass is 10.1. The van der Waals surface area contributed by atoms with Crippen LogP contribution in [0.2, 0.25) is 0 Å². The van der Waals surface area contributed by atoms with E-state index in [1.54, 1.807) is 36.4 Å². The molecule has 1 amide bonds. The highest BCUT2D eigenvalue weighted by Gasteiger charge is 2.19. The molecular formula is C21H18N2O6S. The highest BCUT2D eigenvalue weighted by Crippen LogP contribution is 2.23. The third-order valence-corrected chi connectivity index (χ3v) is 5.54. The summed E-state index contributed by atoms with van der Waals surface area (Å²) in [6.07, 6.45) is 0. The molecule has 0 atom stereocenters. The number of sulfonamides is 1. The Morgan fingerprint density at radius 1 is 0.933 bits per heavy atom. The number of carbonyl (C=O) groups excluding carboxylic acids is 1. The number of rotatable bonds is 7. The zero-order valence-corrected chi connectivity index (χ0v) is 16.6. The minimum Gasteiger partial charge on any atom is -0.497 e. The zero-order chi connectivity index (χ0) is 21.7. The van der Waals surface area contributed by atoms with Crippen molar-refractivity contribution in [2.75, 3.05) is 17.1 Å². The van der Waals surface area contributed by atoms with E-state index in [-0.39, 0.29) is 21.7 Å². The van der Waals surface area contributed by atoms with Gasteiger partial charge in [0.05, 0.1) is 28.8 Å². The number of ether oxygens (including phenoxy) is 1. The van der Waals surface area contributed by atoms with Gasteiger partial charge < -0.3 is 15.2 Å². The van der Waals surface area contributed by atoms with Gasteiger partial charge in [-0.25, -0.2) is 13.2 Å². The van der Waals surface area contributed by atoms with Gasteiger partial charge in [0, 0.05) is 11.8 Å². The first kappa shape index (κ1) is 20.9. The first-order valence-corrected chi connectivity index (χ1v) is 10.2. The maximum Gasteiger partial charge on any atom is 0.335 e. The van der Waals surface area contributed by atoms with Gasteiger partial charge in [0.1, 0.15) is 5.75 Å². The summed E-state index contributed by atoms with van der Waals surface area (Å²) in [5.41, 5.74) is 0.652. The van der Waals surface area contributed by atoms with Crippen LogP contribution in [0.5, 0.6) is 5.75 Å². The predicted octanol–water partition coefficient (Wildman–Crippen LogP) is 3.45. The van der Waals surface area contributed by atoms with E-state index in [0.717, 1.165) is 0 Å². The molecule has 0 saturated carbocycles. The molecule has 0 aromatic heterocycles. The lowest BCUT2D eigenvalue weighted by molar-refractivity contribution is 0.0696. The number of benzene rings is 3. The fourth-order valence-electron chi connectivity index (χ4n) is 2.65. The van der Waals surface area contributed by atoms with Gasteiger partial charge >= 0.3 is 5.97 Å². The van der Waals surface area contributed by atoms with Crippen molar-refractivity contribution < 1.29 is 27.9 Å². The van der Waals surface area contributed by atoms with Crippen molar-refractivity contribution in [3.05, 3.63) is 83.9 Å². The maximum absolute atomic E-state index is 12.7.